The van der Waals surface area contributed by atoms with Gasteiger partial charge in [-0.05, 0) is 40.3 Å². The van der Waals surface area contributed by atoms with Crippen LogP contribution in [0.5, 0.6) is 0 Å². The molecule has 0 fully saturated rings. The summed E-state index contributed by atoms with van der Waals surface area (Å²) in [5.74, 6) is 0.548. The van der Waals surface area contributed by atoms with Crippen LogP contribution in [0.4, 0.5) is 0 Å². The molecule has 0 aromatic heterocycles. The Morgan fingerprint density at radius 3 is 2.48 bits per heavy atom. The van der Waals surface area contributed by atoms with E-state index in [0.717, 1.165) is 6.42 Å². The van der Waals surface area contributed by atoms with Crippen molar-refractivity contribution in [2.24, 2.45) is 0 Å². The first-order valence-electron chi connectivity index (χ1n) is 7.65. The molecule has 0 bridgehead atoms. The van der Waals surface area contributed by atoms with E-state index in [1.165, 1.54) is 33.9 Å². The van der Waals surface area contributed by atoms with Gasteiger partial charge < -0.3 is 0 Å². The molecule has 0 radical (unpaired) electrons. The molecule has 0 saturated heterocycles. The summed E-state index contributed by atoms with van der Waals surface area (Å²) in [5.41, 5.74) is 4.34. The van der Waals surface area contributed by atoms with Gasteiger partial charge in [-0.1, -0.05) is 78.9 Å². The first-order chi connectivity index (χ1) is 10.4. The summed E-state index contributed by atoms with van der Waals surface area (Å²) in [6, 6.07) is 24.0. The summed E-state index contributed by atoms with van der Waals surface area (Å²) < 4.78 is 0. The molecule has 0 saturated carbocycles. The van der Waals surface area contributed by atoms with Crippen LogP contribution in [0.2, 0.25) is 0 Å². The van der Waals surface area contributed by atoms with E-state index < -0.39 is 0 Å². The van der Waals surface area contributed by atoms with Crippen LogP contribution in [0.3, 0.4) is 0 Å². The fourth-order valence-electron chi connectivity index (χ4n) is 3.40. The van der Waals surface area contributed by atoms with Crippen LogP contribution in [-0.2, 0) is 6.42 Å². The van der Waals surface area contributed by atoms with Gasteiger partial charge in [-0.3, -0.25) is 0 Å². The van der Waals surface area contributed by atoms with Crippen molar-refractivity contribution in [1.29, 1.82) is 0 Å². The summed E-state index contributed by atoms with van der Waals surface area (Å²) in [5, 5.41) is 2.77. The Hall–Kier alpha value is -2.34. The molecule has 4 rings (SSSR count). The van der Waals surface area contributed by atoms with E-state index in [1.807, 2.05) is 0 Å². The molecule has 1 aliphatic rings. The Balaban J connectivity index is 1.66. The molecule has 0 spiro atoms. The molecule has 0 N–H and O–H groups in total. The number of benzene rings is 3. The summed E-state index contributed by atoms with van der Waals surface area (Å²) in [6.45, 7) is 0. The molecule has 0 amide bonds. The maximum atomic E-state index is 2.38. The van der Waals surface area contributed by atoms with Crippen molar-refractivity contribution >= 4 is 16.8 Å². The minimum absolute atomic E-state index is 0.548. The highest BCUT2D eigenvalue weighted by atomic mass is 14.2. The van der Waals surface area contributed by atoms with Crippen LogP contribution in [0, 0.1) is 0 Å². The Labute approximate surface area is 125 Å². The average molecular weight is 270 g/mol. The first kappa shape index (κ1) is 12.4. The lowest BCUT2D eigenvalue weighted by Gasteiger charge is -2.14. The lowest BCUT2D eigenvalue weighted by molar-refractivity contribution is 0.749. The molecule has 0 heterocycles. The molecule has 0 nitrogen and oxygen atoms in total. The van der Waals surface area contributed by atoms with Crippen molar-refractivity contribution in [2.45, 2.75) is 18.8 Å². The quantitative estimate of drug-likeness (QED) is 0.582. The summed E-state index contributed by atoms with van der Waals surface area (Å²) in [4.78, 5) is 0. The number of hydrogen-bond donors (Lipinski definition) is 0. The standard InChI is InChI=1S/C21H18/c1-2-6-16(7-3-1)10-11-18-14-15-19-13-12-17-8-4-5-9-20(17)21(18)19/h1-9,12-15,18H,10-11H2. The molecule has 0 aliphatic heterocycles. The second-order valence-electron chi connectivity index (χ2n) is 5.78. The zero-order valence-corrected chi connectivity index (χ0v) is 12.0. The molecule has 102 valence electrons. The summed E-state index contributed by atoms with van der Waals surface area (Å²) in [6.07, 6.45) is 6.98. The summed E-state index contributed by atoms with van der Waals surface area (Å²) >= 11 is 0. The van der Waals surface area contributed by atoms with Gasteiger partial charge >= 0.3 is 0 Å². The summed E-state index contributed by atoms with van der Waals surface area (Å²) in [7, 11) is 0. The SMILES string of the molecule is C1=CC(CCc2ccccc2)c2c1ccc1ccccc21. The lowest BCUT2D eigenvalue weighted by Crippen LogP contribution is -1.97. The largest absolute Gasteiger partial charge is 0.0763 e. The number of rotatable bonds is 3. The lowest BCUT2D eigenvalue weighted by atomic mass is 9.90. The predicted octanol–water partition coefficient (Wildman–Crippen LogP) is 5.58. The maximum absolute atomic E-state index is 2.38. The van der Waals surface area contributed by atoms with Crippen LogP contribution >= 0.6 is 0 Å². The van der Waals surface area contributed by atoms with Crippen LogP contribution in [0.15, 0.2) is 72.8 Å². The van der Waals surface area contributed by atoms with E-state index in [1.54, 1.807) is 0 Å². The van der Waals surface area contributed by atoms with Gasteiger partial charge in [0, 0.05) is 5.92 Å². The number of hydrogen-bond acceptors (Lipinski definition) is 0. The third-order valence-corrected chi connectivity index (χ3v) is 4.47. The molecule has 0 heteroatoms. The van der Waals surface area contributed by atoms with Crippen molar-refractivity contribution in [3.63, 3.8) is 0 Å². The van der Waals surface area contributed by atoms with E-state index in [-0.39, 0.29) is 0 Å². The molecule has 21 heavy (non-hydrogen) atoms. The van der Waals surface area contributed by atoms with Crippen LogP contribution in [0.1, 0.15) is 29.0 Å². The maximum Gasteiger partial charge on any atom is 0.00365 e. The van der Waals surface area contributed by atoms with E-state index in [2.05, 4.69) is 78.9 Å². The molecule has 3 aromatic rings. The molecule has 3 aromatic carbocycles. The first-order valence-corrected chi connectivity index (χ1v) is 7.65. The number of allylic oxidation sites excluding steroid dienone is 1. The van der Waals surface area contributed by atoms with Gasteiger partial charge in [0.25, 0.3) is 0 Å². The van der Waals surface area contributed by atoms with E-state index >= 15 is 0 Å². The van der Waals surface area contributed by atoms with Crippen LogP contribution in [-0.4, -0.2) is 0 Å². The Morgan fingerprint density at radius 1 is 0.762 bits per heavy atom. The van der Waals surface area contributed by atoms with Crippen molar-refractivity contribution < 1.29 is 0 Å². The predicted molar refractivity (Wildman–Crippen MR) is 90.5 cm³/mol. The normalized spacial score (nSPS) is 16.3. The second-order valence-corrected chi connectivity index (χ2v) is 5.78. The van der Waals surface area contributed by atoms with E-state index in [0.29, 0.717) is 5.92 Å². The third kappa shape index (κ3) is 2.27. The molecular formula is C21H18. The van der Waals surface area contributed by atoms with Crippen LogP contribution in [0.25, 0.3) is 16.8 Å². The Bertz CT molecular complexity index is 797. The average Bonchev–Trinajstić information content (AvgIpc) is 2.97. The third-order valence-electron chi connectivity index (χ3n) is 4.47. The highest BCUT2D eigenvalue weighted by Crippen LogP contribution is 2.38. The number of aryl methyl sites for hydroxylation is 1. The molecule has 1 atom stereocenters. The van der Waals surface area contributed by atoms with Gasteiger partial charge in [0.1, 0.15) is 0 Å². The van der Waals surface area contributed by atoms with Gasteiger partial charge in [0.05, 0.1) is 0 Å². The van der Waals surface area contributed by atoms with Crippen LogP contribution < -0.4 is 0 Å². The smallest absolute Gasteiger partial charge is 0.00365 e. The van der Waals surface area contributed by atoms with Gasteiger partial charge in [-0.15, -0.1) is 0 Å². The van der Waals surface area contributed by atoms with Crippen molar-refractivity contribution in [2.75, 3.05) is 0 Å². The molecular weight excluding hydrogens is 252 g/mol. The van der Waals surface area contributed by atoms with Crippen molar-refractivity contribution in [3.8, 4) is 0 Å². The number of fused-ring (bicyclic) bond motifs is 3. The fraction of sp³-hybridized carbons (Fsp3) is 0.143. The Kier molecular flexibility index (Phi) is 3.08. The zero-order chi connectivity index (χ0) is 14.1. The zero-order valence-electron chi connectivity index (χ0n) is 12.0. The highest BCUT2D eigenvalue weighted by Gasteiger charge is 2.19. The van der Waals surface area contributed by atoms with Gasteiger partial charge in [0.15, 0.2) is 0 Å². The topological polar surface area (TPSA) is 0 Å². The second kappa shape index (κ2) is 5.21. The van der Waals surface area contributed by atoms with E-state index in [9.17, 15) is 0 Å². The van der Waals surface area contributed by atoms with Crippen molar-refractivity contribution in [1.82, 2.24) is 0 Å². The van der Waals surface area contributed by atoms with Gasteiger partial charge in [-0.25, -0.2) is 0 Å². The molecule has 1 unspecified atom stereocenters. The Morgan fingerprint density at radius 2 is 1.57 bits per heavy atom. The monoisotopic (exact) mass is 270 g/mol. The highest BCUT2D eigenvalue weighted by molar-refractivity contribution is 5.91. The fourth-order valence-corrected chi connectivity index (χ4v) is 3.40. The minimum atomic E-state index is 0.548. The molecule has 1 aliphatic carbocycles. The van der Waals surface area contributed by atoms with Crippen molar-refractivity contribution in [3.05, 3.63) is 89.5 Å². The van der Waals surface area contributed by atoms with E-state index in [4.69, 9.17) is 0 Å². The van der Waals surface area contributed by atoms with Gasteiger partial charge in [0.2, 0.25) is 0 Å². The van der Waals surface area contributed by atoms with Gasteiger partial charge in [-0.2, -0.15) is 0 Å². The minimum Gasteiger partial charge on any atom is -0.0763 e.